The van der Waals surface area contributed by atoms with Gasteiger partial charge >= 0.3 is 0 Å². The molecule has 1 saturated heterocycles. The Balaban J connectivity index is 1.63. The number of ether oxygens (including phenoxy) is 1. The number of aryl methyl sites for hydroxylation is 1. The molecule has 2 aliphatic heterocycles. The van der Waals surface area contributed by atoms with Crippen LogP contribution in [0.5, 0.6) is 5.75 Å². The smallest absolute Gasteiger partial charge is 0.245 e. The lowest BCUT2D eigenvalue weighted by Gasteiger charge is -2.37. The summed E-state index contributed by atoms with van der Waals surface area (Å²) >= 11 is 0. The van der Waals surface area contributed by atoms with E-state index in [-0.39, 0.29) is 11.8 Å². The van der Waals surface area contributed by atoms with Gasteiger partial charge in [0.25, 0.3) is 0 Å². The van der Waals surface area contributed by atoms with Crippen molar-refractivity contribution >= 4 is 17.5 Å². The molecule has 2 aromatic rings. The molecule has 0 saturated carbocycles. The quantitative estimate of drug-likeness (QED) is 0.754. The molecule has 1 N–H and O–H groups in total. The SMILES string of the molecule is CC(=O)N1CCCC[C@@]2(CCCN2Cc2cccc(C)n2)C(=O)Nc2ccccc2OCC1. The number of nitrogens with one attached hydrogen (secondary N) is 1. The number of fused-ring (bicyclic) bond motifs is 1. The van der Waals surface area contributed by atoms with Gasteiger partial charge in [0.05, 0.1) is 17.9 Å². The van der Waals surface area contributed by atoms with E-state index in [0.29, 0.717) is 37.7 Å². The Morgan fingerprint density at radius 1 is 1.06 bits per heavy atom. The summed E-state index contributed by atoms with van der Waals surface area (Å²) in [5.41, 5.74) is 2.04. The Hall–Kier alpha value is -2.93. The number of nitrogens with zero attached hydrogens (tertiary/aromatic N) is 3. The summed E-state index contributed by atoms with van der Waals surface area (Å²) in [6, 6.07) is 13.6. The fraction of sp³-hybridized carbons (Fsp3) is 0.500. The fourth-order valence-corrected chi connectivity index (χ4v) is 5.05. The van der Waals surface area contributed by atoms with Gasteiger partial charge in [-0.2, -0.15) is 0 Å². The van der Waals surface area contributed by atoms with Crippen molar-refractivity contribution in [2.24, 2.45) is 0 Å². The predicted molar refractivity (Wildman–Crippen MR) is 128 cm³/mol. The number of carbonyl (C=O) groups is 2. The molecule has 2 amide bonds. The van der Waals surface area contributed by atoms with E-state index in [1.54, 1.807) is 6.92 Å². The highest BCUT2D eigenvalue weighted by Gasteiger charge is 2.47. The highest BCUT2D eigenvalue weighted by molar-refractivity contribution is 5.99. The molecule has 1 atom stereocenters. The van der Waals surface area contributed by atoms with E-state index in [0.717, 1.165) is 50.0 Å². The molecule has 2 aliphatic rings. The minimum absolute atomic E-state index is 0.0198. The van der Waals surface area contributed by atoms with E-state index >= 15 is 0 Å². The summed E-state index contributed by atoms with van der Waals surface area (Å²) in [6.45, 7) is 6.71. The monoisotopic (exact) mass is 450 g/mol. The summed E-state index contributed by atoms with van der Waals surface area (Å²) in [7, 11) is 0. The van der Waals surface area contributed by atoms with E-state index in [1.807, 2.05) is 54.3 Å². The Morgan fingerprint density at radius 2 is 1.88 bits per heavy atom. The van der Waals surface area contributed by atoms with Crippen LogP contribution in [0.3, 0.4) is 0 Å². The van der Waals surface area contributed by atoms with E-state index in [4.69, 9.17) is 4.74 Å². The van der Waals surface area contributed by atoms with Gasteiger partial charge in [-0.25, -0.2) is 0 Å². The van der Waals surface area contributed by atoms with Crippen LogP contribution in [0.15, 0.2) is 42.5 Å². The van der Waals surface area contributed by atoms with Gasteiger partial charge in [-0.3, -0.25) is 19.5 Å². The van der Waals surface area contributed by atoms with Crippen molar-refractivity contribution in [3.63, 3.8) is 0 Å². The topological polar surface area (TPSA) is 74.8 Å². The van der Waals surface area contributed by atoms with Gasteiger partial charge in [0.1, 0.15) is 17.9 Å². The largest absolute Gasteiger partial charge is 0.490 e. The summed E-state index contributed by atoms with van der Waals surface area (Å²) in [5, 5.41) is 3.19. The summed E-state index contributed by atoms with van der Waals surface area (Å²) in [5.74, 6) is 0.707. The molecule has 0 aliphatic carbocycles. The molecular formula is C26H34N4O3. The van der Waals surface area contributed by atoms with E-state index < -0.39 is 5.54 Å². The Morgan fingerprint density at radius 3 is 2.70 bits per heavy atom. The Bertz CT molecular complexity index is 995. The summed E-state index contributed by atoms with van der Waals surface area (Å²) in [4.78, 5) is 34.8. The lowest BCUT2D eigenvalue weighted by Crippen LogP contribution is -2.53. The van der Waals surface area contributed by atoms with Crippen LogP contribution in [-0.4, -0.2) is 58.4 Å². The van der Waals surface area contributed by atoms with Gasteiger partial charge in [0, 0.05) is 25.7 Å². The zero-order chi connectivity index (χ0) is 23.3. The first-order chi connectivity index (χ1) is 16.0. The van der Waals surface area contributed by atoms with Crippen LogP contribution in [0.4, 0.5) is 5.69 Å². The lowest BCUT2D eigenvalue weighted by atomic mass is 9.88. The fourth-order valence-electron chi connectivity index (χ4n) is 5.05. The number of benzene rings is 1. The van der Waals surface area contributed by atoms with Crippen LogP contribution in [0.25, 0.3) is 0 Å². The third kappa shape index (κ3) is 5.36. The van der Waals surface area contributed by atoms with Gasteiger partial charge < -0.3 is 15.0 Å². The molecule has 0 unspecified atom stereocenters. The number of pyridine rings is 1. The van der Waals surface area contributed by atoms with Crippen LogP contribution in [0, 0.1) is 6.92 Å². The number of aromatic nitrogens is 1. The molecule has 176 valence electrons. The normalized spacial score (nSPS) is 22.5. The Labute approximate surface area is 196 Å². The number of likely N-dealkylation sites (tertiary alicyclic amines) is 1. The average Bonchev–Trinajstić information content (AvgIpc) is 3.19. The highest BCUT2D eigenvalue weighted by Crippen LogP contribution is 2.37. The van der Waals surface area contributed by atoms with Crippen molar-refractivity contribution in [1.82, 2.24) is 14.8 Å². The van der Waals surface area contributed by atoms with Gasteiger partial charge in [-0.15, -0.1) is 0 Å². The van der Waals surface area contributed by atoms with Crippen LogP contribution in [-0.2, 0) is 16.1 Å². The first-order valence-electron chi connectivity index (χ1n) is 11.9. The van der Waals surface area contributed by atoms with Crippen molar-refractivity contribution in [1.29, 1.82) is 0 Å². The van der Waals surface area contributed by atoms with E-state index in [2.05, 4.69) is 15.2 Å². The van der Waals surface area contributed by atoms with E-state index in [1.165, 1.54) is 0 Å². The van der Waals surface area contributed by atoms with Crippen molar-refractivity contribution in [2.45, 2.75) is 58.0 Å². The minimum Gasteiger partial charge on any atom is -0.490 e. The van der Waals surface area contributed by atoms with Gasteiger partial charge in [-0.1, -0.05) is 18.2 Å². The van der Waals surface area contributed by atoms with Gasteiger partial charge in [-0.05, 0) is 69.8 Å². The molecule has 0 radical (unpaired) electrons. The van der Waals surface area contributed by atoms with Crippen LogP contribution < -0.4 is 10.1 Å². The van der Waals surface area contributed by atoms with Crippen LogP contribution in [0.1, 0.15) is 50.4 Å². The molecule has 1 aromatic heterocycles. The summed E-state index contributed by atoms with van der Waals surface area (Å²) < 4.78 is 5.98. The van der Waals surface area contributed by atoms with Crippen LogP contribution >= 0.6 is 0 Å². The maximum atomic E-state index is 13.8. The number of hydrogen-bond acceptors (Lipinski definition) is 5. The van der Waals surface area contributed by atoms with Gasteiger partial charge in [0.2, 0.25) is 11.8 Å². The zero-order valence-electron chi connectivity index (χ0n) is 19.7. The molecule has 7 heteroatoms. The number of rotatable bonds is 2. The summed E-state index contributed by atoms with van der Waals surface area (Å²) in [6.07, 6.45) is 4.26. The van der Waals surface area contributed by atoms with Crippen molar-refractivity contribution in [3.8, 4) is 5.75 Å². The van der Waals surface area contributed by atoms with Gasteiger partial charge in [0.15, 0.2) is 0 Å². The number of anilines is 1. The van der Waals surface area contributed by atoms with Crippen molar-refractivity contribution < 1.29 is 14.3 Å². The second kappa shape index (κ2) is 10.3. The van der Waals surface area contributed by atoms with Crippen molar-refractivity contribution in [3.05, 3.63) is 53.9 Å². The maximum absolute atomic E-state index is 13.8. The number of amides is 2. The molecule has 3 heterocycles. The number of carbonyl (C=O) groups excluding carboxylic acids is 2. The lowest BCUT2D eigenvalue weighted by molar-refractivity contribution is -0.130. The molecule has 1 spiro atoms. The first-order valence-corrected chi connectivity index (χ1v) is 11.9. The van der Waals surface area contributed by atoms with Crippen molar-refractivity contribution in [2.75, 3.05) is 31.6 Å². The highest BCUT2D eigenvalue weighted by atomic mass is 16.5. The third-order valence-corrected chi connectivity index (χ3v) is 6.81. The number of hydrogen-bond donors (Lipinski definition) is 1. The molecule has 0 bridgehead atoms. The zero-order valence-corrected chi connectivity index (χ0v) is 19.7. The standard InChI is InChI=1S/C26H34N4O3/c1-20-9-7-10-22(27-20)19-30-16-8-14-26(30)13-5-6-15-29(21(2)31)17-18-33-24-12-4-3-11-23(24)28-25(26)32/h3-4,7,9-12H,5-6,8,13-19H2,1-2H3,(H,28,32)/t26-/m1/s1. The molecule has 1 aromatic carbocycles. The minimum atomic E-state index is -0.604. The first kappa shape index (κ1) is 23.2. The molecule has 33 heavy (non-hydrogen) atoms. The molecule has 1 fully saturated rings. The predicted octanol–water partition coefficient (Wildman–Crippen LogP) is 3.77. The third-order valence-electron chi connectivity index (χ3n) is 6.81. The second-order valence-corrected chi connectivity index (χ2v) is 9.09. The van der Waals surface area contributed by atoms with Crippen LogP contribution in [0.2, 0.25) is 0 Å². The average molecular weight is 451 g/mol. The maximum Gasteiger partial charge on any atom is 0.245 e. The Kier molecular flexibility index (Phi) is 7.28. The molecular weight excluding hydrogens is 416 g/mol. The number of para-hydroxylation sites is 2. The molecule has 7 nitrogen and oxygen atoms in total. The second-order valence-electron chi connectivity index (χ2n) is 9.09. The van der Waals surface area contributed by atoms with E-state index in [9.17, 15) is 9.59 Å². The molecule has 4 rings (SSSR count).